The summed E-state index contributed by atoms with van der Waals surface area (Å²) in [5.41, 5.74) is 6.52. The Morgan fingerprint density at radius 1 is 1.40 bits per heavy atom. The number of alkyl halides is 2. The molecule has 0 atom stereocenters. The summed E-state index contributed by atoms with van der Waals surface area (Å²) in [6.45, 7) is 0. The van der Waals surface area contributed by atoms with E-state index in [2.05, 4.69) is 0 Å². The van der Waals surface area contributed by atoms with Gasteiger partial charge in [-0.05, 0) is 31.0 Å². The number of hydrogen-bond donors (Lipinski definition) is 1. The van der Waals surface area contributed by atoms with Crippen LogP contribution in [0.3, 0.4) is 0 Å². The van der Waals surface area contributed by atoms with Crippen molar-refractivity contribution in [2.75, 3.05) is 17.7 Å². The zero-order chi connectivity index (χ0) is 11.0. The van der Waals surface area contributed by atoms with Crippen LogP contribution >= 0.6 is 0 Å². The monoisotopic (exact) mass is 212 g/mol. The third-order valence-corrected chi connectivity index (χ3v) is 2.76. The van der Waals surface area contributed by atoms with E-state index in [-0.39, 0.29) is 5.56 Å². The lowest BCUT2D eigenvalue weighted by Crippen LogP contribution is -2.21. The van der Waals surface area contributed by atoms with Crippen LogP contribution in [0.2, 0.25) is 0 Å². The van der Waals surface area contributed by atoms with Gasteiger partial charge in [0.15, 0.2) is 0 Å². The highest BCUT2D eigenvalue weighted by atomic mass is 19.3. The molecule has 1 saturated carbocycles. The van der Waals surface area contributed by atoms with Crippen molar-refractivity contribution in [3.8, 4) is 0 Å². The highest BCUT2D eigenvalue weighted by Gasteiger charge is 2.29. The summed E-state index contributed by atoms with van der Waals surface area (Å²) in [5, 5.41) is 0. The summed E-state index contributed by atoms with van der Waals surface area (Å²) in [4.78, 5) is 1.92. The number of rotatable bonds is 3. The molecule has 0 aliphatic heterocycles. The van der Waals surface area contributed by atoms with E-state index in [9.17, 15) is 8.78 Å². The second kappa shape index (κ2) is 3.68. The zero-order valence-electron chi connectivity index (χ0n) is 8.58. The van der Waals surface area contributed by atoms with Crippen LogP contribution in [-0.2, 0) is 0 Å². The molecule has 2 N–H and O–H groups in total. The molecule has 2 rings (SSSR count). The maximum atomic E-state index is 12.8. The third kappa shape index (κ3) is 2.03. The second-order valence-electron chi connectivity index (χ2n) is 3.96. The Kier molecular flexibility index (Phi) is 2.50. The van der Waals surface area contributed by atoms with Gasteiger partial charge < -0.3 is 10.6 Å². The maximum Gasteiger partial charge on any atom is 0.265 e. The molecule has 1 aromatic carbocycles. The number of nitrogens with two attached hydrogens (primary N) is 1. The number of halogens is 2. The lowest BCUT2D eigenvalue weighted by Gasteiger charge is -2.22. The van der Waals surface area contributed by atoms with Crippen molar-refractivity contribution in [1.29, 1.82) is 0 Å². The predicted octanol–water partition coefficient (Wildman–Crippen LogP) is 2.81. The van der Waals surface area contributed by atoms with Crippen molar-refractivity contribution in [3.05, 3.63) is 23.8 Å². The molecule has 0 amide bonds. The van der Waals surface area contributed by atoms with Crippen molar-refractivity contribution in [2.24, 2.45) is 0 Å². The predicted molar refractivity (Wildman–Crippen MR) is 57.2 cm³/mol. The molecular formula is C11H14F2N2. The highest BCUT2D eigenvalue weighted by molar-refractivity contribution is 5.60. The van der Waals surface area contributed by atoms with E-state index >= 15 is 0 Å². The van der Waals surface area contributed by atoms with Gasteiger partial charge in [0.1, 0.15) is 0 Å². The summed E-state index contributed by atoms with van der Waals surface area (Å²) in [7, 11) is 1.86. The van der Waals surface area contributed by atoms with Crippen LogP contribution in [0.1, 0.15) is 24.8 Å². The van der Waals surface area contributed by atoms with Gasteiger partial charge in [-0.3, -0.25) is 0 Å². The topological polar surface area (TPSA) is 29.3 Å². The third-order valence-electron chi connectivity index (χ3n) is 2.76. The molecule has 2 nitrogen and oxygen atoms in total. The first kappa shape index (κ1) is 10.2. The van der Waals surface area contributed by atoms with E-state index < -0.39 is 6.43 Å². The average molecular weight is 212 g/mol. The number of nitrogens with zero attached hydrogens (tertiary/aromatic N) is 1. The maximum absolute atomic E-state index is 12.8. The van der Waals surface area contributed by atoms with Crippen LogP contribution in [0.25, 0.3) is 0 Å². The molecule has 0 heterocycles. The van der Waals surface area contributed by atoms with Gasteiger partial charge in [-0.2, -0.15) is 0 Å². The van der Waals surface area contributed by atoms with Crippen LogP contribution < -0.4 is 10.6 Å². The lowest BCUT2D eigenvalue weighted by molar-refractivity contribution is 0.152. The summed E-state index contributed by atoms with van der Waals surface area (Å²) in [6.07, 6.45) is -0.294. The van der Waals surface area contributed by atoms with Crippen LogP contribution in [0.15, 0.2) is 18.2 Å². The van der Waals surface area contributed by atoms with E-state index in [0.29, 0.717) is 17.4 Å². The van der Waals surface area contributed by atoms with Crippen molar-refractivity contribution in [1.82, 2.24) is 0 Å². The molecule has 0 aromatic heterocycles. The molecule has 1 aliphatic rings. The van der Waals surface area contributed by atoms with Gasteiger partial charge >= 0.3 is 0 Å². The standard InChI is InChI=1S/C11H14F2N2/c1-15(8-3-4-8)10-5-2-7(14)6-9(10)11(12)13/h2,5-6,8,11H,3-4,14H2,1H3. The molecule has 4 heteroatoms. The second-order valence-corrected chi connectivity index (χ2v) is 3.96. The Morgan fingerprint density at radius 2 is 2.07 bits per heavy atom. The largest absolute Gasteiger partial charge is 0.399 e. The fourth-order valence-corrected chi connectivity index (χ4v) is 1.73. The van der Waals surface area contributed by atoms with E-state index in [1.165, 1.54) is 6.07 Å². The molecule has 0 bridgehead atoms. The molecule has 0 spiro atoms. The molecule has 0 radical (unpaired) electrons. The molecular weight excluding hydrogens is 198 g/mol. The molecule has 15 heavy (non-hydrogen) atoms. The Hall–Kier alpha value is -1.32. The Labute approximate surface area is 87.7 Å². The van der Waals surface area contributed by atoms with Gasteiger partial charge in [0.25, 0.3) is 6.43 Å². The SMILES string of the molecule is CN(c1ccc(N)cc1C(F)F)C1CC1. The number of nitrogen functional groups attached to an aromatic ring is 1. The Bertz CT molecular complexity index is 362. The molecule has 0 unspecified atom stereocenters. The summed E-state index contributed by atoms with van der Waals surface area (Å²) in [5.74, 6) is 0. The lowest BCUT2D eigenvalue weighted by atomic mass is 10.1. The zero-order valence-corrected chi connectivity index (χ0v) is 8.58. The molecule has 82 valence electrons. The molecule has 0 saturated heterocycles. The van der Waals surface area contributed by atoms with Gasteiger partial charge in [0.05, 0.1) is 0 Å². The van der Waals surface area contributed by atoms with Crippen LogP contribution in [0.4, 0.5) is 20.2 Å². The van der Waals surface area contributed by atoms with Crippen molar-refractivity contribution >= 4 is 11.4 Å². The summed E-state index contributed by atoms with van der Waals surface area (Å²) < 4.78 is 25.5. The normalized spacial score (nSPS) is 15.7. The van der Waals surface area contributed by atoms with Crippen molar-refractivity contribution < 1.29 is 8.78 Å². The first-order chi connectivity index (χ1) is 7.09. The number of hydrogen-bond acceptors (Lipinski definition) is 2. The Morgan fingerprint density at radius 3 is 2.60 bits per heavy atom. The summed E-state index contributed by atoms with van der Waals surface area (Å²) >= 11 is 0. The van der Waals surface area contributed by atoms with E-state index in [0.717, 1.165) is 12.8 Å². The fourth-order valence-electron chi connectivity index (χ4n) is 1.73. The quantitative estimate of drug-likeness (QED) is 0.780. The molecule has 1 aliphatic carbocycles. The van der Waals surface area contributed by atoms with Gasteiger partial charge in [-0.25, -0.2) is 8.78 Å². The van der Waals surface area contributed by atoms with E-state index in [4.69, 9.17) is 5.73 Å². The van der Waals surface area contributed by atoms with E-state index in [1.807, 2.05) is 11.9 Å². The fraction of sp³-hybridized carbons (Fsp3) is 0.455. The van der Waals surface area contributed by atoms with Crippen molar-refractivity contribution in [3.63, 3.8) is 0 Å². The van der Waals surface area contributed by atoms with Crippen LogP contribution in [0.5, 0.6) is 0 Å². The Balaban J connectivity index is 2.35. The van der Waals surface area contributed by atoms with Gasteiger partial charge in [0, 0.05) is 30.0 Å². The van der Waals surface area contributed by atoms with Gasteiger partial charge in [-0.15, -0.1) is 0 Å². The van der Waals surface area contributed by atoms with E-state index in [1.54, 1.807) is 12.1 Å². The number of anilines is 2. The minimum Gasteiger partial charge on any atom is -0.399 e. The highest BCUT2D eigenvalue weighted by Crippen LogP contribution is 2.36. The smallest absolute Gasteiger partial charge is 0.265 e. The first-order valence-electron chi connectivity index (χ1n) is 5.00. The average Bonchev–Trinajstić information content (AvgIpc) is 2.99. The number of benzene rings is 1. The minimum absolute atomic E-state index is 0.0319. The summed E-state index contributed by atoms with van der Waals surface area (Å²) in [6, 6.07) is 5.12. The van der Waals surface area contributed by atoms with Gasteiger partial charge in [0.2, 0.25) is 0 Å². The molecule has 1 fully saturated rings. The first-order valence-corrected chi connectivity index (χ1v) is 5.00. The van der Waals surface area contributed by atoms with Crippen LogP contribution in [-0.4, -0.2) is 13.1 Å². The van der Waals surface area contributed by atoms with Crippen molar-refractivity contribution in [2.45, 2.75) is 25.3 Å². The van der Waals surface area contributed by atoms with Crippen LogP contribution in [0, 0.1) is 0 Å². The molecule has 1 aromatic rings. The van der Waals surface area contributed by atoms with Gasteiger partial charge in [-0.1, -0.05) is 0 Å². The minimum atomic E-state index is -2.47.